The summed E-state index contributed by atoms with van der Waals surface area (Å²) in [6.45, 7) is -0.541. The minimum atomic E-state index is -4.93. The van der Waals surface area contributed by atoms with Crippen LogP contribution in [0.25, 0.3) is 0 Å². The van der Waals surface area contributed by atoms with E-state index in [-0.39, 0.29) is 11.8 Å². The highest BCUT2D eigenvalue weighted by atomic mass is 19.4. The fourth-order valence-corrected chi connectivity index (χ4v) is 1.98. The Kier molecular flexibility index (Phi) is 4.78. The first-order chi connectivity index (χ1) is 11.1. The maximum atomic E-state index is 13.0. The van der Waals surface area contributed by atoms with Crippen molar-refractivity contribution in [2.45, 2.75) is 19.0 Å². The summed E-state index contributed by atoms with van der Waals surface area (Å²) < 4.78 is 82.1. The summed E-state index contributed by atoms with van der Waals surface area (Å²) in [7, 11) is 0. The lowest BCUT2D eigenvalue weighted by molar-refractivity contribution is -0.143. The highest BCUT2D eigenvalue weighted by molar-refractivity contribution is 5.39. The van der Waals surface area contributed by atoms with Crippen molar-refractivity contribution in [3.63, 3.8) is 0 Å². The quantitative estimate of drug-likeness (QED) is 0.543. The van der Waals surface area contributed by atoms with E-state index in [9.17, 15) is 26.3 Å². The Morgan fingerprint density at radius 1 is 0.917 bits per heavy atom. The van der Waals surface area contributed by atoms with Crippen molar-refractivity contribution in [1.29, 1.82) is 0 Å². The van der Waals surface area contributed by atoms with Crippen LogP contribution in [0.2, 0.25) is 0 Å². The van der Waals surface area contributed by atoms with Crippen LogP contribution < -0.4 is 4.74 Å². The molecule has 2 aromatic rings. The van der Waals surface area contributed by atoms with E-state index in [0.29, 0.717) is 11.6 Å². The molecule has 2 rings (SSSR count). The molecule has 0 bridgehead atoms. The largest absolute Gasteiger partial charge is 0.489 e. The van der Waals surface area contributed by atoms with E-state index in [1.54, 1.807) is 12.1 Å². The summed E-state index contributed by atoms with van der Waals surface area (Å²) in [5.74, 6) is 2.56. The number of hydrogen-bond acceptors (Lipinski definition) is 1. The summed E-state index contributed by atoms with van der Waals surface area (Å²) in [6.07, 6.45) is -4.59. The minimum absolute atomic E-state index is 0.0799. The molecule has 0 spiro atoms. The zero-order valence-corrected chi connectivity index (χ0v) is 12.0. The molecule has 0 amide bonds. The van der Waals surface area contributed by atoms with Crippen LogP contribution in [0.1, 0.15) is 22.3 Å². The van der Waals surface area contributed by atoms with E-state index in [0.717, 1.165) is 6.07 Å². The van der Waals surface area contributed by atoms with Crippen LogP contribution >= 0.6 is 0 Å². The van der Waals surface area contributed by atoms with Gasteiger partial charge in [0.25, 0.3) is 0 Å². The highest BCUT2D eigenvalue weighted by Crippen LogP contribution is 2.37. The van der Waals surface area contributed by atoms with Gasteiger partial charge in [-0.3, -0.25) is 0 Å². The molecule has 24 heavy (non-hydrogen) atoms. The standard InChI is InChI=1S/C17H10F6O/c1-2-11-4-3-5-14(8-11)24-10-12-6-7-13(16(18,19)20)9-15(12)17(21,22)23/h1,3-9H,10H2. The molecule has 0 heterocycles. The lowest BCUT2D eigenvalue weighted by Crippen LogP contribution is -2.14. The Morgan fingerprint density at radius 3 is 2.21 bits per heavy atom. The maximum Gasteiger partial charge on any atom is 0.416 e. The van der Waals surface area contributed by atoms with Gasteiger partial charge in [0.15, 0.2) is 0 Å². The smallest absolute Gasteiger partial charge is 0.416 e. The third kappa shape index (κ3) is 4.22. The SMILES string of the molecule is C#Cc1cccc(OCc2ccc(C(F)(F)F)cc2C(F)(F)F)c1. The third-order valence-corrected chi connectivity index (χ3v) is 3.14. The van der Waals surface area contributed by atoms with Gasteiger partial charge in [0.1, 0.15) is 12.4 Å². The molecule has 0 saturated heterocycles. The molecule has 0 aliphatic heterocycles. The van der Waals surface area contributed by atoms with Crippen molar-refractivity contribution in [3.8, 4) is 18.1 Å². The van der Waals surface area contributed by atoms with Crippen LogP contribution in [-0.4, -0.2) is 0 Å². The zero-order valence-electron chi connectivity index (χ0n) is 12.0. The molecule has 0 fully saturated rings. The first-order valence-corrected chi connectivity index (χ1v) is 6.58. The van der Waals surface area contributed by atoms with Gasteiger partial charge in [-0.05, 0) is 30.3 Å². The summed E-state index contributed by atoms with van der Waals surface area (Å²) >= 11 is 0. The summed E-state index contributed by atoms with van der Waals surface area (Å²) in [6, 6.07) is 7.52. The Hall–Kier alpha value is -2.62. The fourth-order valence-electron chi connectivity index (χ4n) is 1.98. The lowest BCUT2D eigenvalue weighted by atomic mass is 10.0. The molecule has 7 heteroatoms. The molecule has 1 nitrogen and oxygen atoms in total. The maximum absolute atomic E-state index is 13.0. The van der Waals surface area contributed by atoms with Gasteiger partial charge >= 0.3 is 12.4 Å². The third-order valence-electron chi connectivity index (χ3n) is 3.14. The molecule has 0 atom stereocenters. The average Bonchev–Trinajstić information content (AvgIpc) is 2.51. The van der Waals surface area contributed by atoms with E-state index in [4.69, 9.17) is 11.2 Å². The molecule has 0 aromatic heterocycles. The van der Waals surface area contributed by atoms with Gasteiger partial charge in [-0.25, -0.2) is 0 Å². The van der Waals surface area contributed by atoms with Crippen LogP contribution in [0, 0.1) is 12.3 Å². The van der Waals surface area contributed by atoms with Crippen molar-refractivity contribution in [3.05, 3.63) is 64.7 Å². The van der Waals surface area contributed by atoms with Crippen LogP contribution in [0.5, 0.6) is 5.75 Å². The van der Waals surface area contributed by atoms with Crippen LogP contribution in [0.3, 0.4) is 0 Å². The first-order valence-electron chi connectivity index (χ1n) is 6.58. The van der Waals surface area contributed by atoms with E-state index >= 15 is 0 Å². The second-order valence-electron chi connectivity index (χ2n) is 4.83. The number of benzene rings is 2. The first kappa shape index (κ1) is 17.7. The molecule has 0 radical (unpaired) electrons. The molecule has 0 aliphatic carbocycles. The van der Waals surface area contributed by atoms with E-state index in [1.165, 1.54) is 12.1 Å². The van der Waals surface area contributed by atoms with Crippen molar-refractivity contribution >= 4 is 0 Å². The Bertz CT molecular complexity index is 768. The van der Waals surface area contributed by atoms with Gasteiger partial charge in [0.2, 0.25) is 0 Å². The van der Waals surface area contributed by atoms with Crippen molar-refractivity contribution in [2.75, 3.05) is 0 Å². The van der Waals surface area contributed by atoms with Gasteiger partial charge in [-0.2, -0.15) is 26.3 Å². The Labute approximate surface area is 133 Å². The normalized spacial score (nSPS) is 11.9. The van der Waals surface area contributed by atoms with Crippen LogP contribution in [0.15, 0.2) is 42.5 Å². The fraction of sp³-hybridized carbons (Fsp3) is 0.176. The molecular weight excluding hydrogens is 334 g/mol. The van der Waals surface area contributed by atoms with Crippen molar-refractivity contribution in [2.24, 2.45) is 0 Å². The van der Waals surface area contributed by atoms with Gasteiger partial charge in [0.05, 0.1) is 11.1 Å². The topological polar surface area (TPSA) is 9.23 Å². The second kappa shape index (κ2) is 6.48. The molecule has 0 N–H and O–H groups in total. The Morgan fingerprint density at radius 2 is 1.62 bits per heavy atom. The van der Waals surface area contributed by atoms with Crippen molar-refractivity contribution < 1.29 is 31.1 Å². The van der Waals surface area contributed by atoms with Crippen LogP contribution in [-0.2, 0) is 19.0 Å². The number of ether oxygens (including phenoxy) is 1. The molecule has 126 valence electrons. The molecule has 2 aromatic carbocycles. The monoisotopic (exact) mass is 344 g/mol. The van der Waals surface area contributed by atoms with E-state index < -0.39 is 35.6 Å². The molecule has 0 aliphatic rings. The molecule has 0 saturated carbocycles. The lowest BCUT2D eigenvalue weighted by Gasteiger charge is -2.16. The summed E-state index contributed by atoms with van der Waals surface area (Å²) in [5.41, 5.74) is -2.68. The van der Waals surface area contributed by atoms with Crippen LogP contribution in [0.4, 0.5) is 26.3 Å². The minimum Gasteiger partial charge on any atom is -0.489 e. The summed E-state index contributed by atoms with van der Waals surface area (Å²) in [4.78, 5) is 0. The molecule has 0 unspecified atom stereocenters. The van der Waals surface area contributed by atoms with Gasteiger partial charge in [-0.15, -0.1) is 6.42 Å². The van der Waals surface area contributed by atoms with Gasteiger partial charge < -0.3 is 4.74 Å². The zero-order chi connectivity index (χ0) is 18.0. The predicted octanol–water partition coefficient (Wildman–Crippen LogP) is 5.28. The summed E-state index contributed by atoms with van der Waals surface area (Å²) in [5, 5.41) is 0. The van der Waals surface area contributed by atoms with E-state index in [1.807, 2.05) is 0 Å². The van der Waals surface area contributed by atoms with Gasteiger partial charge in [-0.1, -0.05) is 18.1 Å². The number of alkyl halides is 6. The number of terminal acetylenes is 1. The van der Waals surface area contributed by atoms with Crippen molar-refractivity contribution in [1.82, 2.24) is 0 Å². The molecular formula is C17H10F6O. The predicted molar refractivity (Wildman–Crippen MR) is 75.2 cm³/mol. The van der Waals surface area contributed by atoms with E-state index in [2.05, 4.69) is 5.92 Å². The highest BCUT2D eigenvalue weighted by Gasteiger charge is 2.38. The average molecular weight is 344 g/mol. The second-order valence-corrected chi connectivity index (χ2v) is 4.83. The number of hydrogen-bond donors (Lipinski definition) is 0. The Balaban J connectivity index is 2.31. The number of halogens is 6. The van der Waals surface area contributed by atoms with Gasteiger partial charge in [0, 0.05) is 11.1 Å². The number of rotatable bonds is 3.